The molecule has 0 N–H and O–H groups in total. The molecule has 0 aliphatic carbocycles. The van der Waals surface area contributed by atoms with Gasteiger partial charge in [0.25, 0.3) is 0 Å². The summed E-state index contributed by atoms with van der Waals surface area (Å²) < 4.78 is 78.7. The van der Waals surface area contributed by atoms with Gasteiger partial charge in [-0.2, -0.15) is 26.3 Å². The quantitative estimate of drug-likeness (QED) is 0.206. The summed E-state index contributed by atoms with van der Waals surface area (Å²) in [6, 6.07) is 2.44. The summed E-state index contributed by atoms with van der Waals surface area (Å²) in [5.74, 6) is -1.05. The van der Waals surface area contributed by atoms with Crippen LogP contribution in [0.5, 0.6) is 0 Å². The number of hydrogen-bond acceptors (Lipinski definition) is 1. The molecule has 0 amide bonds. The number of carbonyl (C=O) groups excluding carboxylic acids is 1. The number of ketones is 1. The van der Waals surface area contributed by atoms with E-state index < -0.39 is 40.4 Å². The molecule has 0 fully saturated rings. The number of alkyl halides is 8. The fourth-order valence-corrected chi connectivity index (χ4v) is 4.53. The SMILES string of the molecule is O=C(c1cc(C(F)(F)F)cc(Cl)c1CBr)c1cc(C(F)(F)F)cc(Cl)c1CBr. The van der Waals surface area contributed by atoms with E-state index in [0.29, 0.717) is 24.3 Å². The molecule has 0 spiro atoms. The summed E-state index contributed by atoms with van der Waals surface area (Å²) >= 11 is 17.8. The molecule has 0 aromatic heterocycles. The van der Waals surface area contributed by atoms with Gasteiger partial charge in [0, 0.05) is 31.8 Å². The van der Waals surface area contributed by atoms with Crippen LogP contribution in [0.4, 0.5) is 26.3 Å². The van der Waals surface area contributed by atoms with Crippen LogP contribution in [0.2, 0.25) is 10.0 Å². The highest BCUT2D eigenvalue weighted by atomic mass is 79.9. The summed E-state index contributed by atoms with van der Waals surface area (Å²) in [5, 5.41) is -0.843. The monoisotopic (exact) mass is 570 g/mol. The molecule has 28 heavy (non-hydrogen) atoms. The lowest BCUT2D eigenvalue weighted by Gasteiger charge is -2.17. The lowest BCUT2D eigenvalue weighted by molar-refractivity contribution is -0.138. The van der Waals surface area contributed by atoms with E-state index in [1.807, 2.05) is 0 Å². The van der Waals surface area contributed by atoms with Gasteiger partial charge >= 0.3 is 12.4 Å². The maximum atomic E-state index is 13.1. The average molecular weight is 573 g/mol. The van der Waals surface area contributed by atoms with Crippen molar-refractivity contribution in [2.45, 2.75) is 23.0 Å². The van der Waals surface area contributed by atoms with Gasteiger partial charge in [-0.25, -0.2) is 0 Å². The predicted octanol–water partition coefficient (Wildman–Crippen LogP) is 8.05. The molecule has 2 rings (SSSR count). The van der Waals surface area contributed by atoms with Gasteiger partial charge in [0.05, 0.1) is 11.1 Å². The van der Waals surface area contributed by atoms with Crippen molar-refractivity contribution >= 4 is 60.8 Å². The number of halogens is 10. The van der Waals surface area contributed by atoms with E-state index in [-0.39, 0.29) is 31.8 Å². The minimum atomic E-state index is -4.80. The first-order chi connectivity index (χ1) is 12.8. The standard InChI is InChI=1S/C17H8Br2Cl2F6O/c18-5-11-9(1-7(3-13(11)20)16(22,23)24)15(28)10-2-8(17(25,26)27)4-14(21)12(10)6-19/h1-4H,5-6H2. The van der Waals surface area contributed by atoms with Crippen molar-refractivity contribution in [1.29, 1.82) is 0 Å². The lowest BCUT2D eigenvalue weighted by Crippen LogP contribution is -2.14. The third kappa shape index (κ3) is 4.86. The molecule has 0 unspecified atom stereocenters. The molecule has 0 bridgehead atoms. The molecule has 11 heteroatoms. The zero-order valence-corrected chi connectivity index (χ0v) is 18.1. The van der Waals surface area contributed by atoms with E-state index in [4.69, 9.17) is 23.2 Å². The van der Waals surface area contributed by atoms with E-state index in [9.17, 15) is 31.1 Å². The van der Waals surface area contributed by atoms with Crippen LogP contribution >= 0.6 is 55.1 Å². The van der Waals surface area contributed by atoms with E-state index >= 15 is 0 Å². The molecule has 0 heterocycles. The van der Waals surface area contributed by atoms with Crippen LogP contribution in [0.3, 0.4) is 0 Å². The van der Waals surface area contributed by atoms with Crippen molar-refractivity contribution in [3.05, 3.63) is 67.7 Å². The molecular formula is C17H8Br2Cl2F6O. The molecule has 0 aliphatic rings. The van der Waals surface area contributed by atoms with Crippen LogP contribution in [0, 0.1) is 0 Å². The van der Waals surface area contributed by atoms with Gasteiger partial charge in [-0.3, -0.25) is 4.79 Å². The Hall–Kier alpha value is -0.770. The summed E-state index contributed by atoms with van der Waals surface area (Å²) in [7, 11) is 0. The van der Waals surface area contributed by atoms with Crippen LogP contribution in [0.25, 0.3) is 0 Å². The van der Waals surface area contributed by atoms with Crippen molar-refractivity contribution in [1.82, 2.24) is 0 Å². The second kappa shape index (κ2) is 8.53. The summed E-state index contributed by atoms with van der Waals surface area (Å²) in [5.41, 5.74) is -3.26. The van der Waals surface area contributed by atoms with Crippen molar-refractivity contribution in [2.24, 2.45) is 0 Å². The predicted molar refractivity (Wildman–Crippen MR) is 102 cm³/mol. The van der Waals surface area contributed by atoms with Gasteiger partial charge in [-0.15, -0.1) is 0 Å². The molecule has 0 radical (unpaired) electrons. The van der Waals surface area contributed by atoms with Crippen LogP contribution in [-0.4, -0.2) is 5.78 Å². The fourth-order valence-electron chi connectivity index (χ4n) is 2.42. The molecule has 0 saturated heterocycles. The van der Waals surface area contributed by atoms with E-state index in [1.54, 1.807) is 0 Å². The first-order valence-electron chi connectivity index (χ1n) is 7.27. The minimum Gasteiger partial charge on any atom is -0.289 e. The molecule has 0 aliphatic heterocycles. The smallest absolute Gasteiger partial charge is 0.289 e. The summed E-state index contributed by atoms with van der Waals surface area (Å²) in [6.45, 7) is 0. The maximum Gasteiger partial charge on any atom is 0.416 e. The van der Waals surface area contributed by atoms with E-state index in [2.05, 4.69) is 31.9 Å². The Kier molecular flexibility index (Phi) is 7.17. The van der Waals surface area contributed by atoms with Crippen LogP contribution in [0.1, 0.15) is 38.2 Å². The third-order valence-corrected chi connectivity index (χ3v) is 5.60. The molecule has 0 saturated carbocycles. The Labute approximate surface area is 182 Å². The largest absolute Gasteiger partial charge is 0.416 e. The molecule has 0 atom stereocenters. The molecule has 1 nitrogen and oxygen atoms in total. The summed E-state index contributed by atoms with van der Waals surface area (Å²) in [6.07, 6.45) is -9.60. The molecule has 152 valence electrons. The highest BCUT2D eigenvalue weighted by molar-refractivity contribution is 9.08. The Bertz CT molecular complexity index is 852. The van der Waals surface area contributed by atoms with Crippen molar-refractivity contribution in [3.63, 3.8) is 0 Å². The van der Waals surface area contributed by atoms with Gasteiger partial charge in [-0.05, 0) is 35.4 Å². The second-order valence-electron chi connectivity index (χ2n) is 5.56. The highest BCUT2D eigenvalue weighted by Gasteiger charge is 2.35. The van der Waals surface area contributed by atoms with Gasteiger partial charge in [-0.1, -0.05) is 55.1 Å². The Balaban J connectivity index is 2.79. The van der Waals surface area contributed by atoms with Crippen molar-refractivity contribution in [2.75, 3.05) is 0 Å². The Morgan fingerprint density at radius 3 is 1.32 bits per heavy atom. The number of carbonyl (C=O) groups is 1. The zero-order valence-electron chi connectivity index (χ0n) is 13.4. The second-order valence-corrected chi connectivity index (χ2v) is 7.50. The van der Waals surface area contributed by atoms with Gasteiger partial charge in [0.1, 0.15) is 0 Å². The average Bonchev–Trinajstić information content (AvgIpc) is 2.58. The number of hydrogen-bond donors (Lipinski definition) is 0. The number of benzene rings is 2. The van der Waals surface area contributed by atoms with Crippen molar-refractivity contribution < 1.29 is 31.1 Å². The van der Waals surface area contributed by atoms with Gasteiger partial charge in [0.15, 0.2) is 5.78 Å². The van der Waals surface area contributed by atoms with Crippen LogP contribution in [0.15, 0.2) is 24.3 Å². The van der Waals surface area contributed by atoms with Crippen LogP contribution in [-0.2, 0) is 23.0 Å². The highest BCUT2D eigenvalue weighted by Crippen LogP contribution is 2.38. The first kappa shape index (κ1) is 23.5. The first-order valence-corrected chi connectivity index (χ1v) is 10.3. The summed E-state index contributed by atoms with van der Waals surface area (Å²) in [4.78, 5) is 13.0. The third-order valence-electron chi connectivity index (χ3n) is 3.80. The fraction of sp³-hybridized carbons (Fsp3) is 0.235. The minimum absolute atomic E-state index is 0.0220. The van der Waals surface area contributed by atoms with Crippen molar-refractivity contribution in [3.8, 4) is 0 Å². The zero-order chi connectivity index (χ0) is 21.4. The van der Waals surface area contributed by atoms with E-state index in [1.165, 1.54) is 0 Å². The normalized spacial score (nSPS) is 12.4. The van der Waals surface area contributed by atoms with Gasteiger partial charge in [0.2, 0.25) is 0 Å². The Morgan fingerprint density at radius 1 is 0.750 bits per heavy atom. The molecule has 2 aromatic carbocycles. The molecule has 2 aromatic rings. The Morgan fingerprint density at radius 2 is 1.07 bits per heavy atom. The number of rotatable bonds is 4. The van der Waals surface area contributed by atoms with Gasteiger partial charge < -0.3 is 0 Å². The van der Waals surface area contributed by atoms with E-state index in [0.717, 1.165) is 0 Å². The maximum absolute atomic E-state index is 13.1. The topological polar surface area (TPSA) is 17.1 Å². The lowest BCUT2D eigenvalue weighted by atomic mass is 9.93. The molecular weight excluding hydrogens is 565 g/mol. The van der Waals surface area contributed by atoms with Crippen LogP contribution < -0.4 is 0 Å².